The Bertz CT molecular complexity index is 397. The monoisotopic (exact) mass is 235 g/mol. The van der Waals surface area contributed by atoms with Gasteiger partial charge < -0.3 is 15.2 Å². The average Bonchev–Trinajstić information content (AvgIpc) is 3.10. The Balaban J connectivity index is 2.17. The van der Waals surface area contributed by atoms with Crippen LogP contribution in [0, 0.1) is 5.41 Å². The van der Waals surface area contributed by atoms with Crippen LogP contribution in [0.25, 0.3) is 0 Å². The number of benzene rings is 1. The van der Waals surface area contributed by atoms with Crippen molar-refractivity contribution in [1.29, 1.82) is 0 Å². The van der Waals surface area contributed by atoms with Crippen molar-refractivity contribution < 1.29 is 9.47 Å². The second-order valence-electron chi connectivity index (χ2n) is 5.02. The summed E-state index contributed by atoms with van der Waals surface area (Å²) in [4.78, 5) is 0. The summed E-state index contributed by atoms with van der Waals surface area (Å²) in [5, 5.41) is 0. The third-order valence-corrected chi connectivity index (χ3v) is 3.86. The molecule has 1 aliphatic carbocycles. The predicted octanol–water partition coefficient (Wildman–Crippen LogP) is 2.37. The Hall–Kier alpha value is -1.22. The van der Waals surface area contributed by atoms with Crippen LogP contribution >= 0.6 is 0 Å². The van der Waals surface area contributed by atoms with Gasteiger partial charge in [0.25, 0.3) is 0 Å². The Morgan fingerprint density at radius 2 is 1.88 bits per heavy atom. The van der Waals surface area contributed by atoms with Crippen LogP contribution in [0.2, 0.25) is 0 Å². The molecule has 2 rings (SSSR count). The van der Waals surface area contributed by atoms with Gasteiger partial charge in [-0.05, 0) is 49.3 Å². The van der Waals surface area contributed by atoms with Crippen molar-refractivity contribution in [3.05, 3.63) is 23.8 Å². The molecule has 0 heterocycles. The highest BCUT2D eigenvalue weighted by Crippen LogP contribution is 2.50. The minimum Gasteiger partial charge on any atom is -0.493 e. The van der Waals surface area contributed by atoms with Gasteiger partial charge in [0, 0.05) is 6.04 Å². The van der Waals surface area contributed by atoms with Crippen LogP contribution in [-0.4, -0.2) is 20.3 Å². The molecule has 0 amide bonds. The molecule has 3 heteroatoms. The van der Waals surface area contributed by atoms with Crippen LogP contribution in [0.3, 0.4) is 0 Å². The third kappa shape index (κ3) is 2.39. The molecule has 1 aromatic rings. The first kappa shape index (κ1) is 12.2. The molecule has 1 atom stereocenters. The normalized spacial score (nSPS) is 18.6. The van der Waals surface area contributed by atoms with Crippen LogP contribution in [0.4, 0.5) is 0 Å². The molecule has 94 valence electrons. The molecule has 1 aromatic carbocycles. The Morgan fingerprint density at radius 1 is 1.24 bits per heavy atom. The van der Waals surface area contributed by atoms with Crippen LogP contribution < -0.4 is 15.2 Å². The minimum atomic E-state index is 0.260. The van der Waals surface area contributed by atoms with Gasteiger partial charge in [0.15, 0.2) is 11.5 Å². The lowest BCUT2D eigenvalue weighted by Crippen LogP contribution is -2.29. The van der Waals surface area contributed by atoms with E-state index in [1.54, 1.807) is 14.2 Å². The van der Waals surface area contributed by atoms with Gasteiger partial charge in [0.2, 0.25) is 0 Å². The fourth-order valence-corrected chi connectivity index (χ4v) is 2.35. The summed E-state index contributed by atoms with van der Waals surface area (Å²) in [5.74, 6) is 1.58. The molecule has 0 bridgehead atoms. The summed E-state index contributed by atoms with van der Waals surface area (Å²) in [6, 6.07) is 6.38. The lowest BCUT2D eigenvalue weighted by molar-refractivity contribution is 0.353. The Labute approximate surface area is 103 Å². The fraction of sp³-hybridized carbons (Fsp3) is 0.571. The zero-order chi connectivity index (χ0) is 12.5. The maximum absolute atomic E-state index is 6.05. The second kappa shape index (κ2) is 4.57. The molecule has 3 nitrogen and oxygen atoms in total. The zero-order valence-corrected chi connectivity index (χ0v) is 10.8. The van der Waals surface area contributed by atoms with Crippen LogP contribution in [0.5, 0.6) is 11.5 Å². The quantitative estimate of drug-likeness (QED) is 0.852. The fourth-order valence-electron chi connectivity index (χ4n) is 2.35. The maximum Gasteiger partial charge on any atom is 0.160 e. The summed E-state index contributed by atoms with van der Waals surface area (Å²) in [6.07, 6.45) is 3.50. The summed E-state index contributed by atoms with van der Waals surface area (Å²) >= 11 is 0. The lowest BCUT2D eigenvalue weighted by atomic mass is 9.90. The number of ether oxygens (including phenoxy) is 2. The first-order valence-corrected chi connectivity index (χ1v) is 6.08. The molecule has 1 unspecified atom stereocenters. The predicted molar refractivity (Wildman–Crippen MR) is 68.6 cm³/mol. The average molecular weight is 235 g/mol. The summed E-state index contributed by atoms with van der Waals surface area (Å²) in [7, 11) is 3.32. The molecule has 0 spiro atoms. The molecule has 0 saturated heterocycles. The Kier molecular flexibility index (Phi) is 3.29. The largest absolute Gasteiger partial charge is 0.493 e. The highest BCUT2D eigenvalue weighted by Gasteiger charge is 2.45. The van der Waals surface area contributed by atoms with Crippen molar-refractivity contribution >= 4 is 0 Å². The van der Waals surface area contributed by atoms with Crippen molar-refractivity contribution in [2.24, 2.45) is 11.1 Å². The Morgan fingerprint density at radius 3 is 2.35 bits per heavy atom. The van der Waals surface area contributed by atoms with E-state index in [0.29, 0.717) is 5.41 Å². The van der Waals surface area contributed by atoms with Crippen LogP contribution in [0.15, 0.2) is 18.2 Å². The molecule has 0 aliphatic heterocycles. The lowest BCUT2D eigenvalue weighted by Gasteiger charge is -2.20. The van der Waals surface area contributed by atoms with E-state index >= 15 is 0 Å². The molecule has 0 radical (unpaired) electrons. The van der Waals surface area contributed by atoms with Crippen molar-refractivity contribution in [3.8, 4) is 11.5 Å². The summed E-state index contributed by atoms with van der Waals surface area (Å²) in [5.41, 5.74) is 7.65. The molecular formula is C14H21NO2. The number of hydrogen-bond donors (Lipinski definition) is 1. The van der Waals surface area contributed by atoms with E-state index in [1.807, 2.05) is 6.07 Å². The molecule has 2 N–H and O–H groups in total. The van der Waals surface area contributed by atoms with Gasteiger partial charge in [-0.25, -0.2) is 0 Å². The van der Waals surface area contributed by atoms with Gasteiger partial charge in [-0.3, -0.25) is 0 Å². The van der Waals surface area contributed by atoms with Gasteiger partial charge in [-0.2, -0.15) is 0 Å². The van der Waals surface area contributed by atoms with E-state index in [2.05, 4.69) is 19.1 Å². The van der Waals surface area contributed by atoms with E-state index < -0.39 is 0 Å². The smallest absolute Gasteiger partial charge is 0.160 e. The van der Waals surface area contributed by atoms with Crippen molar-refractivity contribution in [2.45, 2.75) is 32.2 Å². The first-order valence-electron chi connectivity index (χ1n) is 6.08. The van der Waals surface area contributed by atoms with Crippen LogP contribution in [-0.2, 0) is 6.42 Å². The number of nitrogens with two attached hydrogens (primary N) is 1. The van der Waals surface area contributed by atoms with Gasteiger partial charge >= 0.3 is 0 Å². The molecule has 1 saturated carbocycles. The molecule has 17 heavy (non-hydrogen) atoms. The van der Waals surface area contributed by atoms with Gasteiger partial charge in [-0.15, -0.1) is 0 Å². The first-order chi connectivity index (χ1) is 8.11. The number of methoxy groups -OCH3 is 2. The maximum atomic E-state index is 6.05. The molecule has 0 aromatic heterocycles. The molecule has 1 fully saturated rings. The number of hydrogen-bond acceptors (Lipinski definition) is 3. The summed E-state index contributed by atoms with van der Waals surface area (Å²) in [6.45, 7) is 2.10. The van der Waals surface area contributed by atoms with E-state index in [-0.39, 0.29) is 6.04 Å². The van der Waals surface area contributed by atoms with Crippen molar-refractivity contribution in [1.82, 2.24) is 0 Å². The van der Waals surface area contributed by atoms with Crippen molar-refractivity contribution in [2.75, 3.05) is 14.2 Å². The highest BCUT2D eigenvalue weighted by molar-refractivity contribution is 5.43. The highest BCUT2D eigenvalue weighted by atomic mass is 16.5. The van der Waals surface area contributed by atoms with Gasteiger partial charge in [0.05, 0.1) is 14.2 Å². The van der Waals surface area contributed by atoms with Gasteiger partial charge in [-0.1, -0.05) is 6.07 Å². The van der Waals surface area contributed by atoms with Crippen molar-refractivity contribution in [3.63, 3.8) is 0 Å². The third-order valence-electron chi connectivity index (χ3n) is 3.86. The topological polar surface area (TPSA) is 44.5 Å². The van der Waals surface area contributed by atoms with E-state index in [1.165, 1.54) is 18.4 Å². The van der Waals surface area contributed by atoms with E-state index in [0.717, 1.165) is 17.9 Å². The van der Waals surface area contributed by atoms with Gasteiger partial charge in [0.1, 0.15) is 0 Å². The molecular weight excluding hydrogens is 214 g/mol. The summed E-state index contributed by atoms with van der Waals surface area (Å²) < 4.78 is 10.6. The standard InChI is InChI=1S/C14H21NO2/c1-10(15)14(6-7-14)9-11-4-5-12(16-2)13(8-11)17-3/h4-5,8,10H,6-7,9,15H2,1-3H3. The zero-order valence-electron chi connectivity index (χ0n) is 10.8. The SMILES string of the molecule is COc1ccc(CC2(C(C)N)CC2)cc1OC. The minimum absolute atomic E-state index is 0.260. The van der Waals surface area contributed by atoms with Crippen LogP contribution in [0.1, 0.15) is 25.3 Å². The number of rotatable bonds is 5. The second-order valence-corrected chi connectivity index (χ2v) is 5.02. The van der Waals surface area contributed by atoms with E-state index in [4.69, 9.17) is 15.2 Å². The van der Waals surface area contributed by atoms with E-state index in [9.17, 15) is 0 Å². The molecule has 1 aliphatic rings.